The maximum absolute atomic E-state index is 7.29. The highest BCUT2D eigenvalue weighted by Gasteiger charge is 2.58. The van der Waals surface area contributed by atoms with Crippen LogP contribution in [0.25, 0.3) is 0 Å². The quantitative estimate of drug-likeness (QED) is 0.135. The number of rotatable bonds is 22. The van der Waals surface area contributed by atoms with Gasteiger partial charge in [0.2, 0.25) is 0 Å². The summed E-state index contributed by atoms with van der Waals surface area (Å²) < 4.78 is 50.6. The molecule has 3 atom stereocenters. The van der Waals surface area contributed by atoms with E-state index in [4.69, 9.17) is 35.7 Å². The van der Waals surface area contributed by atoms with E-state index in [0.717, 1.165) is 38.5 Å². The van der Waals surface area contributed by atoms with Crippen molar-refractivity contribution in [1.82, 2.24) is 0 Å². The molecule has 0 aliphatic heterocycles. The van der Waals surface area contributed by atoms with Gasteiger partial charge in [-0.1, -0.05) is 48.0 Å². The molecule has 0 rings (SSSR count). The predicted octanol–water partition coefficient (Wildman–Crippen LogP) is 6.13. The minimum absolute atomic E-state index is 0.0123. The van der Waals surface area contributed by atoms with Crippen LogP contribution >= 0.6 is 0 Å². The van der Waals surface area contributed by atoms with Crippen molar-refractivity contribution in [2.45, 2.75) is 128 Å². The van der Waals surface area contributed by atoms with E-state index in [-0.39, 0.29) is 11.6 Å². The summed E-state index contributed by atoms with van der Waals surface area (Å²) in [6.45, 7) is 22.1. The average molecular weight is 615 g/mol. The minimum Gasteiger partial charge on any atom is -0.409 e. The summed E-state index contributed by atoms with van der Waals surface area (Å²) in [5.74, 6) is 0. The number of hydrogen-bond acceptors (Lipinski definition) is 8. The molecule has 0 saturated carbocycles. The highest BCUT2D eigenvalue weighted by Crippen LogP contribution is 2.44. The SMILES string of the molecule is CCC([C@H](CC)O[Si](C)(OC)C(CC)(CC)OC[SiH](OC)OC)[Si](C)(C)OC(CC)(CC)[Si](C)(OC)OC. The Morgan fingerprint density at radius 1 is 0.632 bits per heavy atom. The van der Waals surface area contributed by atoms with E-state index in [9.17, 15) is 0 Å². The van der Waals surface area contributed by atoms with Crippen molar-refractivity contribution in [3.05, 3.63) is 0 Å². The van der Waals surface area contributed by atoms with Crippen molar-refractivity contribution < 1.29 is 35.7 Å². The molecular formula is C26H62O8Si4. The molecule has 0 radical (unpaired) electrons. The highest BCUT2D eigenvalue weighted by molar-refractivity contribution is 6.76. The highest BCUT2D eigenvalue weighted by atomic mass is 28.4. The van der Waals surface area contributed by atoms with Crippen molar-refractivity contribution in [2.75, 3.05) is 41.8 Å². The molecule has 0 bridgehead atoms. The lowest BCUT2D eigenvalue weighted by Crippen LogP contribution is -2.66. The molecule has 0 saturated heterocycles. The molecule has 0 aromatic rings. The maximum Gasteiger partial charge on any atom is 0.368 e. The van der Waals surface area contributed by atoms with E-state index in [1.807, 2.05) is 0 Å². The molecule has 0 aromatic carbocycles. The van der Waals surface area contributed by atoms with Crippen molar-refractivity contribution >= 4 is 34.7 Å². The van der Waals surface area contributed by atoms with Crippen LogP contribution in [0.4, 0.5) is 0 Å². The summed E-state index contributed by atoms with van der Waals surface area (Å²) in [5, 5.41) is -0.948. The Balaban J connectivity index is 6.40. The Morgan fingerprint density at radius 3 is 1.39 bits per heavy atom. The zero-order valence-corrected chi connectivity index (χ0v) is 31.6. The largest absolute Gasteiger partial charge is 0.409 e. The number of hydrogen-bond donors (Lipinski definition) is 0. The third-order valence-corrected chi connectivity index (χ3v) is 22.4. The first-order valence-electron chi connectivity index (χ1n) is 14.5. The smallest absolute Gasteiger partial charge is 0.368 e. The molecular weight excluding hydrogens is 553 g/mol. The van der Waals surface area contributed by atoms with Crippen molar-refractivity contribution in [3.8, 4) is 0 Å². The van der Waals surface area contributed by atoms with Gasteiger partial charge in [-0.15, -0.1) is 0 Å². The second-order valence-electron chi connectivity index (χ2n) is 10.9. The molecule has 0 spiro atoms. The molecule has 0 N–H and O–H groups in total. The Bertz CT molecular complexity index is 641. The summed E-state index contributed by atoms with van der Waals surface area (Å²) in [4.78, 5) is 0. The van der Waals surface area contributed by atoms with E-state index in [0.29, 0.717) is 6.23 Å². The molecule has 0 aliphatic rings. The van der Waals surface area contributed by atoms with E-state index in [1.54, 1.807) is 35.5 Å². The Kier molecular flexibility index (Phi) is 17.1. The van der Waals surface area contributed by atoms with E-state index < -0.39 is 45.2 Å². The van der Waals surface area contributed by atoms with Gasteiger partial charge in [0, 0.05) is 47.2 Å². The van der Waals surface area contributed by atoms with Gasteiger partial charge in [-0.2, -0.15) is 0 Å². The summed E-state index contributed by atoms with van der Waals surface area (Å²) >= 11 is 0. The molecule has 8 nitrogen and oxygen atoms in total. The molecule has 38 heavy (non-hydrogen) atoms. The summed E-state index contributed by atoms with van der Waals surface area (Å²) in [6, 6.07) is 0. The van der Waals surface area contributed by atoms with Gasteiger partial charge in [-0.05, 0) is 58.3 Å². The molecule has 0 fully saturated rings. The molecule has 0 aromatic heterocycles. The van der Waals surface area contributed by atoms with Gasteiger partial charge >= 0.3 is 26.4 Å². The Labute approximate surface area is 240 Å². The second-order valence-corrected chi connectivity index (χ2v) is 24.3. The lowest BCUT2D eigenvalue weighted by molar-refractivity contribution is -0.0335. The zero-order chi connectivity index (χ0) is 29.8. The van der Waals surface area contributed by atoms with Crippen LogP contribution in [0.15, 0.2) is 0 Å². The van der Waals surface area contributed by atoms with E-state index in [2.05, 4.69) is 67.7 Å². The molecule has 0 heterocycles. The predicted molar refractivity (Wildman–Crippen MR) is 166 cm³/mol. The van der Waals surface area contributed by atoms with Crippen LogP contribution in [0.2, 0.25) is 31.7 Å². The monoisotopic (exact) mass is 614 g/mol. The second kappa shape index (κ2) is 16.9. The molecule has 230 valence electrons. The van der Waals surface area contributed by atoms with Gasteiger partial charge in [0.25, 0.3) is 0 Å². The zero-order valence-electron chi connectivity index (χ0n) is 27.4. The van der Waals surface area contributed by atoms with E-state index >= 15 is 0 Å². The standard InChI is InChI=1S/C26H62O8Si4/c1-16-23(33-38(15,31-11)25(18-3,19-4)32-22-35(27-7)28-8)24(17-2)36(12,13)34-26(20-5,21-6)37(14,29-9)30-10/h23-24,35H,16-22H2,1-15H3/t23-,24?,38?/m0/s1. The van der Waals surface area contributed by atoms with Gasteiger partial charge in [-0.25, -0.2) is 0 Å². The minimum atomic E-state index is -2.85. The van der Waals surface area contributed by atoms with Crippen LogP contribution in [-0.2, 0) is 35.7 Å². The fourth-order valence-corrected chi connectivity index (χ4v) is 17.9. The molecule has 0 aliphatic carbocycles. The van der Waals surface area contributed by atoms with Crippen molar-refractivity contribution in [2.24, 2.45) is 0 Å². The van der Waals surface area contributed by atoms with Crippen LogP contribution in [-0.4, -0.2) is 93.1 Å². The van der Waals surface area contributed by atoms with Gasteiger partial charge in [0.05, 0.1) is 11.5 Å². The fraction of sp³-hybridized carbons (Fsp3) is 1.00. The van der Waals surface area contributed by atoms with Gasteiger partial charge < -0.3 is 35.7 Å². The fourth-order valence-electron chi connectivity index (χ4n) is 6.13. The van der Waals surface area contributed by atoms with Crippen molar-refractivity contribution in [1.29, 1.82) is 0 Å². The summed E-state index contributed by atoms with van der Waals surface area (Å²) in [7, 11) is -1.01. The topological polar surface area (TPSA) is 73.8 Å². The molecule has 0 amide bonds. The van der Waals surface area contributed by atoms with Crippen LogP contribution in [0.1, 0.15) is 80.1 Å². The first kappa shape index (κ1) is 38.5. The molecule has 12 heteroatoms. The third kappa shape index (κ3) is 8.31. The van der Waals surface area contributed by atoms with Crippen molar-refractivity contribution in [3.63, 3.8) is 0 Å². The lowest BCUT2D eigenvalue weighted by Gasteiger charge is -2.51. The van der Waals surface area contributed by atoms with Crippen LogP contribution in [0.3, 0.4) is 0 Å². The van der Waals surface area contributed by atoms with Gasteiger partial charge in [-0.3, -0.25) is 0 Å². The normalized spacial score (nSPS) is 17.1. The number of ether oxygens (including phenoxy) is 1. The first-order chi connectivity index (χ1) is 17.7. The Hall–Kier alpha value is 0.548. The van der Waals surface area contributed by atoms with Crippen LogP contribution in [0.5, 0.6) is 0 Å². The van der Waals surface area contributed by atoms with E-state index in [1.165, 1.54) is 0 Å². The lowest BCUT2D eigenvalue weighted by atomic mass is 10.1. The maximum atomic E-state index is 7.29. The van der Waals surface area contributed by atoms with Gasteiger partial charge in [0.15, 0.2) is 8.32 Å². The summed E-state index contributed by atoms with van der Waals surface area (Å²) in [5.41, 5.74) is 0.255. The molecule has 2 unspecified atom stereocenters. The Morgan fingerprint density at radius 2 is 1.08 bits per heavy atom. The first-order valence-corrected chi connectivity index (χ1v) is 23.8. The van der Waals surface area contributed by atoms with Crippen LogP contribution < -0.4 is 0 Å². The van der Waals surface area contributed by atoms with Gasteiger partial charge in [0.1, 0.15) is 5.22 Å². The average Bonchev–Trinajstić information content (AvgIpc) is 2.93. The third-order valence-electron chi connectivity index (χ3n) is 9.15. The van der Waals surface area contributed by atoms with Crippen LogP contribution in [0, 0.1) is 0 Å². The summed E-state index contributed by atoms with van der Waals surface area (Å²) in [6.07, 6.45) is 5.54.